The molecule has 0 spiro atoms. The van der Waals surface area contributed by atoms with Crippen LogP contribution in [0.3, 0.4) is 0 Å². The van der Waals surface area contributed by atoms with E-state index in [1.54, 1.807) is 18.2 Å². The molecule has 2 aromatic rings. The Balaban J connectivity index is 2.06. The number of carboxylic acid groups (broad SMARTS) is 1. The van der Waals surface area contributed by atoms with Gasteiger partial charge in [-0.05, 0) is 41.2 Å². The van der Waals surface area contributed by atoms with Crippen LogP contribution in [0.25, 0.3) is 0 Å². The lowest BCUT2D eigenvalue weighted by atomic mass is 9.86. The minimum Gasteiger partial charge on any atom is -0.481 e. The third kappa shape index (κ3) is 5.64. The highest BCUT2D eigenvalue weighted by molar-refractivity contribution is 6.00. The number of hydrogen-bond donors (Lipinski definition) is 3. The van der Waals surface area contributed by atoms with Gasteiger partial charge in [0.25, 0.3) is 0 Å². The molecule has 0 aliphatic heterocycles. The zero-order valence-electron chi connectivity index (χ0n) is 14.8. The Labute approximate surface area is 148 Å². The van der Waals surface area contributed by atoms with E-state index in [9.17, 15) is 9.59 Å². The molecule has 0 heterocycles. The van der Waals surface area contributed by atoms with Gasteiger partial charge >= 0.3 is 12.0 Å². The monoisotopic (exact) mass is 340 g/mol. The van der Waals surface area contributed by atoms with E-state index in [2.05, 4.69) is 31.4 Å². The molecular formula is C20H24N2O3. The largest absolute Gasteiger partial charge is 0.481 e. The number of aryl methyl sites for hydroxylation is 1. The summed E-state index contributed by atoms with van der Waals surface area (Å²) in [6.45, 7) is 6.28. The SMILES string of the molecule is CC(C)(C)c1ccccc1NC(=O)Nc1cccc(CCC(=O)O)c1. The predicted octanol–water partition coefficient (Wildman–Crippen LogP) is 4.65. The first-order chi connectivity index (χ1) is 11.8. The molecule has 2 rings (SSSR count). The molecule has 5 nitrogen and oxygen atoms in total. The Bertz CT molecular complexity index is 764. The van der Waals surface area contributed by atoms with Gasteiger partial charge in [0, 0.05) is 17.8 Å². The van der Waals surface area contributed by atoms with Crippen molar-refractivity contribution in [3.8, 4) is 0 Å². The van der Waals surface area contributed by atoms with Crippen molar-refractivity contribution in [2.45, 2.75) is 39.0 Å². The number of para-hydroxylation sites is 1. The highest BCUT2D eigenvalue weighted by atomic mass is 16.4. The van der Waals surface area contributed by atoms with E-state index >= 15 is 0 Å². The summed E-state index contributed by atoms with van der Waals surface area (Å²) in [7, 11) is 0. The highest BCUT2D eigenvalue weighted by Crippen LogP contribution is 2.29. The summed E-state index contributed by atoms with van der Waals surface area (Å²) in [4.78, 5) is 23.0. The number of rotatable bonds is 5. The normalized spacial score (nSPS) is 11.0. The number of urea groups is 1. The molecule has 0 saturated carbocycles. The Morgan fingerprint density at radius 1 is 1.00 bits per heavy atom. The molecule has 0 unspecified atom stereocenters. The maximum atomic E-state index is 12.3. The molecule has 0 aromatic heterocycles. The molecule has 0 saturated heterocycles. The fraction of sp³-hybridized carbons (Fsp3) is 0.300. The van der Waals surface area contributed by atoms with Gasteiger partial charge in [-0.25, -0.2) is 4.79 Å². The molecule has 5 heteroatoms. The molecule has 0 fully saturated rings. The van der Waals surface area contributed by atoms with Crippen molar-refractivity contribution in [3.63, 3.8) is 0 Å². The topological polar surface area (TPSA) is 78.4 Å². The van der Waals surface area contributed by atoms with Crippen LogP contribution in [-0.4, -0.2) is 17.1 Å². The first-order valence-electron chi connectivity index (χ1n) is 8.24. The maximum Gasteiger partial charge on any atom is 0.323 e. The summed E-state index contributed by atoms with van der Waals surface area (Å²) in [5.74, 6) is -0.838. The molecule has 0 radical (unpaired) electrons. The average Bonchev–Trinajstić information content (AvgIpc) is 2.52. The second-order valence-corrected chi connectivity index (χ2v) is 6.97. The smallest absolute Gasteiger partial charge is 0.323 e. The maximum absolute atomic E-state index is 12.3. The lowest BCUT2D eigenvalue weighted by Gasteiger charge is -2.23. The number of carbonyl (C=O) groups is 2. The van der Waals surface area contributed by atoms with Crippen LogP contribution in [-0.2, 0) is 16.6 Å². The van der Waals surface area contributed by atoms with Crippen molar-refractivity contribution in [3.05, 3.63) is 59.7 Å². The standard InChI is InChI=1S/C20H24N2O3/c1-20(2,3)16-9-4-5-10-17(16)22-19(25)21-15-8-6-7-14(13-15)11-12-18(23)24/h4-10,13H,11-12H2,1-3H3,(H,23,24)(H2,21,22,25). The second kappa shape index (κ2) is 7.83. The van der Waals surface area contributed by atoms with Crippen LogP contribution in [0.4, 0.5) is 16.2 Å². The average molecular weight is 340 g/mol. The molecule has 132 valence electrons. The van der Waals surface area contributed by atoms with Gasteiger partial charge in [0.2, 0.25) is 0 Å². The van der Waals surface area contributed by atoms with Gasteiger partial charge in [0.1, 0.15) is 0 Å². The summed E-state index contributed by atoms with van der Waals surface area (Å²) in [5, 5.41) is 14.5. The molecule has 3 N–H and O–H groups in total. The zero-order chi connectivity index (χ0) is 18.4. The quantitative estimate of drug-likeness (QED) is 0.741. The summed E-state index contributed by atoms with van der Waals surface area (Å²) in [6.07, 6.45) is 0.494. The molecule has 0 atom stereocenters. The van der Waals surface area contributed by atoms with Crippen molar-refractivity contribution < 1.29 is 14.7 Å². The third-order valence-electron chi connectivity index (χ3n) is 3.80. The molecule has 2 aromatic carbocycles. The van der Waals surface area contributed by atoms with Crippen LogP contribution in [0.5, 0.6) is 0 Å². The van der Waals surface area contributed by atoms with Crippen LogP contribution >= 0.6 is 0 Å². The fourth-order valence-electron chi connectivity index (χ4n) is 2.59. The lowest BCUT2D eigenvalue weighted by Crippen LogP contribution is -2.22. The number of benzene rings is 2. The summed E-state index contributed by atoms with van der Waals surface area (Å²) in [5.41, 5.74) is 3.25. The minimum absolute atomic E-state index is 0.0641. The predicted molar refractivity (Wildman–Crippen MR) is 100 cm³/mol. The number of hydrogen-bond acceptors (Lipinski definition) is 2. The van der Waals surface area contributed by atoms with Gasteiger partial charge in [0.05, 0.1) is 0 Å². The van der Waals surface area contributed by atoms with Crippen LogP contribution in [0, 0.1) is 0 Å². The summed E-state index contributed by atoms with van der Waals surface area (Å²) >= 11 is 0. The number of carboxylic acids is 1. The highest BCUT2D eigenvalue weighted by Gasteiger charge is 2.18. The molecule has 25 heavy (non-hydrogen) atoms. The van der Waals surface area contributed by atoms with E-state index in [-0.39, 0.29) is 17.9 Å². The van der Waals surface area contributed by atoms with Crippen molar-refractivity contribution in [2.75, 3.05) is 10.6 Å². The van der Waals surface area contributed by atoms with Gasteiger partial charge in [-0.15, -0.1) is 0 Å². The van der Waals surface area contributed by atoms with Gasteiger partial charge in [-0.3, -0.25) is 4.79 Å². The second-order valence-electron chi connectivity index (χ2n) is 6.97. The van der Waals surface area contributed by atoms with Gasteiger partial charge in [-0.2, -0.15) is 0 Å². The summed E-state index contributed by atoms with van der Waals surface area (Å²) < 4.78 is 0. The van der Waals surface area contributed by atoms with Crippen molar-refractivity contribution >= 4 is 23.4 Å². The first-order valence-corrected chi connectivity index (χ1v) is 8.24. The van der Waals surface area contributed by atoms with Crippen molar-refractivity contribution in [1.82, 2.24) is 0 Å². The van der Waals surface area contributed by atoms with E-state index in [0.717, 1.165) is 16.8 Å². The zero-order valence-corrected chi connectivity index (χ0v) is 14.8. The van der Waals surface area contributed by atoms with Crippen LogP contribution in [0.1, 0.15) is 38.3 Å². The van der Waals surface area contributed by atoms with Crippen LogP contribution in [0.15, 0.2) is 48.5 Å². The third-order valence-corrected chi connectivity index (χ3v) is 3.80. The van der Waals surface area contributed by atoms with E-state index in [1.807, 2.05) is 30.3 Å². The Kier molecular flexibility index (Phi) is 5.80. The number of aliphatic carboxylic acids is 1. The molecular weight excluding hydrogens is 316 g/mol. The van der Waals surface area contributed by atoms with E-state index < -0.39 is 5.97 Å². The molecule has 2 amide bonds. The number of anilines is 2. The number of amides is 2. The molecule has 0 aliphatic rings. The molecule has 0 aliphatic carbocycles. The molecule has 0 bridgehead atoms. The lowest BCUT2D eigenvalue weighted by molar-refractivity contribution is -0.136. The fourth-order valence-corrected chi connectivity index (χ4v) is 2.59. The van der Waals surface area contributed by atoms with Gasteiger partial charge in [0.15, 0.2) is 0 Å². The van der Waals surface area contributed by atoms with E-state index in [0.29, 0.717) is 12.1 Å². The first kappa shape index (κ1) is 18.5. The van der Waals surface area contributed by atoms with E-state index in [4.69, 9.17) is 5.11 Å². The Hall–Kier alpha value is -2.82. The Morgan fingerprint density at radius 3 is 2.40 bits per heavy atom. The van der Waals surface area contributed by atoms with Gasteiger partial charge in [-0.1, -0.05) is 51.1 Å². The summed E-state index contributed by atoms with van der Waals surface area (Å²) in [6, 6.07) is 14.6. The van der Waals surface area contributed by atoms with Crippen molar-refractivity contribution in [2.24, 2.45) is 0 Å². The Morgan fingerprint density at radius 2 is 1.72 bits per heavy atom. The van der Waals surface area contributed by atoms with Crippen LogP contribution < -0.4 is 10.6 Å². The number of carbonyl (C=O) groups excluding carboxylic acids is 1. The van der Waals surface area contributed by atoms with Crippen LogP contribution in [0.2, 0.25) is 0 Å². The van der Waals surface area contributed by atoms with E-state index in [1.165, 1.54) is 0 Å². The van der Waals surface area contributed by atoms with Crippen molar-refractivity contribution in [1.29, 1.82) is 0 Å². The van der Waals surface area contributed by atoms with Gasteiger partial charge < -0.3 is 15.7 Å². The number of nitrogens with one attached hydrogen (secondary N) is 2. The minimum atomic E-state index is -0.838.